The van der Waals surface area contributed by atoms with Crippen LogP contribution < -0.4 is 15.4 Å². The van der Waals surface area contributed by atoms with Crippen molar-refractivity contribution in [1.82, 2.24) is 5.32 Å². The van der Waals surface area contributed by atoms with Crippen LogP contribution in [0.25, 0.3) is 0 Å². The van der Waals surface area contributed by atoms with Crippen LogP contribution in [0.1, 0.15) is 15.9 Å². The van der Waals surface area contributed by atoms with Crippen molar-refractivity contribution >= 4 is 40.7 Å². The molecule has 7 heteroatoms. The Labute approximate surface area is 149 Å². The van der Waals surface area contributed by atoms with E-state index < -0.39 is 5.91 Å². The summed E-state index contributed by atoms with van der Waals surface area (Å²) in [6.45, 7) is 1.70. The number of methoxy groups -OCH3 is 1. The fourth-order valence-electron chi connectivity index (χ4n) is 2.04. The Hall–Kier alpha value is -2.24. The lowest BCUT2D eigenvalue weighted by molar-refractivity contribution is -0.115. The van der Waals surface area contributed by atoms with Crippen molar-refractivity contribution in [2.75, 3.05) is 19.0 Å². The molecule has 0 aliphatic heterocycles. The first-order valence-corrected chi connectivity index (χ1v) is 7.84. The summed E-state index contributed by atoms with van der Waals surface area (Å²) in [6, 6.07) is 9.95. The number of carbonyl (C=O) groups excluding carboxylic acids is 2. The highest BCUT2D eigenvalue weighted by Crippen LogP contribution is 2.25. The second-order valence-corrected chi connectivity index (χ2v) is 5.90. The number of aryl methyl sites for hydroxylation is 1. The number of ether oxygens (including phenoxy) is 1. The molecule has 24 heavy (non-hydrogen) atoms. The minimum atomic E-state index is -0.456. The van der Waals surface area contributed by atoms with E-state index in [1.54, 1.807) is 18.2 Å². The summed E-state index contributed by atoms with van der Waals surface area (Å²) in [5, 5.41) is 5.87. The normalized spacial score (nSPS) is 10.2. The van der Waals surface area contributed by atoms with Gasteiger partial charge >= 0.3 is 0 Å². The lowest BCUT2D eigenvalue weighted by Crippen LogP contribution is -2.33. The van der Waals surface area contributed by atoms with E-state index in [1.807, 2.05) is 13.0 Å². The predicted octanol–water partition coefficient (Wildman–Crippen LogP) is 3.68. The van der Waals surface area contributed by atoms with Gasteiger partial charge in [-0.2, -0.15) is 0 Å². The molecule has 2 aromatic rings. The third-order valence-corrected chi connectivity index (χ3v) is 3.76. The van der Waals surface area contributed by atoms with Gasteiger partial charge in [-0.05, 0) is 42.8 Å². The van der Waals surface area contributed by atoms with Crippen LogP contribution in [-0.2, 0) is 4.79 Å². The second kappa shape index (κ2) is 8.04. The molecule has 0 saturated carbocycles. The van der Waals surface area contributed by atoms with Gasteiger partial charge in [0.05, 0.1) is 29.9 Å². The highest BCUT2D eigenvalue weighted by atomic mass is 35.5. The number of benzene rings is 2. The van der Waals surface area contributed by atoms with E-state index in [9.17, 15) is 9.59 Å². The molecular formula is C17H16Cl2N2O3. The van der Waals surface area contributed by atoms with Gasteiger partial charge in [0.15, 0.2) is 0 Å². The van der Waals surface area contributed by atoms with Crippen LogP contribution in [0.4, 0.5) is 5.69 Å². The summed E-state index contributed by atoms with van der Waals surface area (Å²) in [7, 11) is 1.52. The number of rotatable bonds is 5. The molecule has 2 N–H and O–H groups in total. The molecule has 0 unspecified atom stereocenters. The van der Waals surface area contributed by atoms with E-state index in [0.29, 0.717) is 16.5 Å². The van der Waals surface area contributed by atoms with Crippen molar-refractivity contribution < 1.29 is 14.3 Å². The van der Waals surface area contributed by atoms with Crippen molar-refractivity contribution in [2.45, 2.75) is 6.92 Å². The summed E-state index contributed by atoms with van der Waals surface area (Å²) in [5.41, 5.74) is 1.77. The van der Waals surface area contributed by atoms with Crippen molar-refractivity contribution in [3.8, 4) is 5.75 Å². The molecule has 0 radical (unpaired) electrons. The van der Waals surface area contributed by atoms with Gasteiger partial charge < -0.3 is 15.4 Å². The number of amides is 2. The van der Waals surface area contributed by atoms with Gasteiger partial charge in [0, 0.05) is 5.02 Å². The van der Waals surface area contributed by atoms with Gasteiger partial charge in [0.1, 0.15) is 5.75 Å². The predicted molar refractivity (Wildman–Crippen MR) is 95.2 cm³/mol. The topological polar surface area (TPSA) is 67.4 Å². The van der Waals surface area contributed by atoms with Crippen molar-refractivity contribution in [3.05, 3.63) is 57.6 Å². The minimum Gasteiger partial charge on any atom is -0.495 e. The van der Waals surface area contributed by atoms with Crippen molar-refractivity contribution in [2.24, 2.45) is 0 Å². The van der Waals surface area contributed by atoms with Crippen LogP contribution in [0.2, 0.25) is 10.0 Å². The summed E-state index contributed by atoms with van der Waals surface area (Å²) < 4.78 is 5.19. The number of halogens is 2. The Morgan fingerprint density at radius 2 is 1.88 bits per heavy atom. The van der Waals surface area contributed by atoms with Crippen molar-refractivity contribution in [3.63, 3.8) is 0 Å². The molecule has 0 aromatic heterocycles. The molecule has 0 fully saturated rings. The summed E-state index contributed by atoms with van der Waals surface area (Å²) >= 11 is 11.8. The molecule has 0 atom stereocenters. The zero-order valence-electron chi connectivity index (χ0n) is 13.2. The smallest absolute Gasteiger partial charge is 0.253 e. The van der Waals surface area contributed by atoms with E-state index in [2.05, 4.69) is 10.6 Å². The number of carbonyl (C=O) groups is 2. The summed E-state index contributed by atoms with van der Waals surface area (Å²) in [6.07, 6.45) is 0. The highest BCUT2D eigenvalue weighted by Gasteiger charge is 2.13. The Balaban J connectivity index is 1.98. The molecule has 5 nitrogen and oxygen atoms in total. The molecule has 0 aliphatic rings. The molecule has 0 saturated heterocycles. The van der Waals surface area contributed by atoms with Gasteiger partial charge in [-0.15, -0.1) is 0 Å². The van der Waals surface area contributed by atoms with E-state index >= 15 is 0 Å². The van der Waals surface area contributed by atoms with Gasteiger partial charge in [-0.1, -0.05) is 29.3 Å². The number of anilines is 1. The van der Waals surface area contributed by atoms with Crippen LogP contribution in [0.15, 0.2) is 36.4 Å². The Bertz CT molecular complexity index is 778. The quantitative estimate of drug-likeness (QED) is 0.847. The fraction of sp³-hybridized carbons (Fsp3) is 0.176. The highest BCUT2D eigenvalue weighted by molar-refractivity contribution is 6.36. The molecule has 0 spiro atoms. The first kappa shape index (κ1) is 18.1. The lowest BCUT2D eigenvalue weighted by Gasteiger charge is -2.12. The van der Waals surface area contributed by atoms with Crippen LogP contribution in [0, 0.1) is 6.92 Å². The third kappa shape index (κ3) is 4.63. The Morgan fingerprint density at radius 3 is 2.54 bits per heavy atom. The molecule has 0 aliphatic carbocycles. The van der Waals surface area contributed by atoms with Crippen LogP contribution in [-0.4, -0.2) is 25.5 Å². The standard InChI is InChI=1S/C17H16Cl2N2O3/c1-10-3-6-15(24-2)14(7-10)21-16(22)9-20-17(23)12-5-4-11(18)8-13(12)19/h3-8H,9H2,1-2H3,(H,20,23)(H,21,22). The molecule has 2 rings (SSSR count). The van der Waals surface area contributed by atoms with Crippen LogP contribution >= 0.6 is 23.2 Å². The minimum absolute atomic E-state index is 0.200. The van der Waals surface area contributed by atoms with Gasteiger partial charge in [0.2, 0.25) is 5.91 Å². The maximum absolute atomic E-state index is 12.1. The van der Waals surface area contributed by atoms with Gasteiger partial charge in [0.25, 0.3) is 5.91 Å². The number of hydrogen-bond donors (Lipinski definition) is 2. The molecule has 2 aromatic carbocycles. The molecule has 0 heterocycles. The first-order valence-electron chi connectivity index (χ1n) is 7.08. The first-order chi connectivity index (χ1) is 11.4. The fourth-order valence-corrected chi connectivity index (χ4v) is 2.54. The van der Waals surface area contributed by atoms with Crippen LogP contribution in [0.3, 0.4) is 0 Å². The van der Waals surface area contributed by atoms with E-state index in [-0.39, 0.29) is 23.0 Å². The average Bonchev–Trinajstić information content (AvgIpc) is 2.53. The molecule has 2 amide bonds. The van der Waals surface area contributed by atoms with Crippen molar-refractivity contribution in [1.29, 1.82) is 0 Å². The molecule has 0 bridgehead atoms. The number of nitrogens with one attached hydrogen (secondary N) is 2. The molecular weight excluding hydrogens is 351 g/mol. The second-order valence-electron chi connectivity index (χ2n) is 5.06. The zero-order chi connectivity index (χ0) is 17.7. The largest absolute Gasteiger partial charge is 0.495 e. The Morgan fingerprint density at radius 1 is 1.12 bits per heavy atom. The average molecular weight is 367 g/mol. The monoisotopic (exact) mass is 366 g/mol. The van der Waals surface area contributed by atoms with Gasteiger partial charge in [-0.3, -0.25) is 9.59 Å². The maximum Gasteiger partial charge on any atom is 0.253 e. The third-order valence-electron chi connectivity index (χ3n) is 3.21. The van der Waals surface area contributed by atoms with Crippen LogP contribution in [0.5, 0.6) is 5.75 Å². The summed E-state index contributed by atoms with van der Waals surface area (Å²) in [5.74, 6) is -0.290. The SMILES string of the molecule is COc1ccc(C)cc1NC(=O)CNC(=O)c1ccc(Cl)cc1Cl. The Kier molecular flexibility index (Phi) is 6.06. The zero-order valence-corrected chi connectivity index (χ0v) is 14.7. The van der Waals surface area contributed by atoms with Gasteiger partial charge in [-0.25, -0.2) is 0 Å². The maximum atomic E-state index is 12.1. The number of hydrogen-bond acceptors (Lipinski definition) is 3. The molecule has 126 valence electrons. The van der Waals surface area contributed by atoms with E-state index in [0.717, 1.165) is 5.56 Å². The summed E-state index contributed by atoms with van der Waals surface area (Å²) in [4.78, 5) is 24.1. The van der Waals surface area contributed by atoms with E-state index in [1.165, 1.54) is 19.2 Å². The lowest BCUT2D eigenvalue weighted by atomic mass is 10.2. The van der Waals surface area contributed by atoms with E-state index in [4.69, 9.17) is 27.9 Å².